The number of hydrogen-bond acceptors (Lipinski definition) is 6. The van der Waals surface area contributed by atoms with Crippen molar-refractivity contribution in [3.8, 4) is 0 Å². The average molecular weight is 379 g/mol. The zero-order valence-corrected chi connectivity index (χ0v) is 15.3. The van der Waals surface area contributed by atoms with E-state index >= 15 is 0 Å². The maximum absolute atomic E-state index is 12.7. The van der Waals surface area contributed by atoms with Crippen LogP contribution in [0.4, 0.5) is 0 Å². The number of nitrogens with zero attached hydrogens (tertiary/aromatic N) is 3. The van der Waals surface area contributed by atoms with Gasteiger partial charge in [-0.3, -0.25) is 24.5 Å². The van der Waals surface area contributed by atoms with Crippen molar-refractivity contribution < 1.29 is 14.8 Å². The number of pyridine rings is 1. The molecule has 28 heavy (non-hydrogen) atoms. The van der Waals surface area contributed by atoms with Gasteiger partial charge in [0.1, 0.15) is 5.78 Å². The lowest BCUT2D eigenvalue weighted by molar-refractivity contribution is -0.128. The van der Waals surface area contributed by atoms with Gasteiger partial charge >= 0.3 is 0 Å². The number of piperidine rings is 1. The molecule has 2 aromatic heterocycles. The molecule has 8 nitrogen and oxygen atoms in total. The molecule has 0 bridgehead atoms. The summed E-state index contributed by atoms with van der Waals surface area (Å²) in [5, 5.41) is 16.5. The smallest absolute Gasteiger partial charge is 0.278 e. The largest absolute Gasteiger partial charge is 0.316 e. The predicted octanol–water partition coefficient (Wildman–Crippen LogP) is 1.20. The molecule has 0 saturated carbocycles. The third-order valence-electron chi connectivity index (χ3n) is 6.10. The van der Waals surface area contributed by atoms with Gasteiger partial charge in [0, 0.05) is 49.2 Å². The van der Waals surface area contributed by atoms with Gasteiger partial charge < -0.3 is 10.3 Å². The van der Waals surface area contributed by atoms with E-state index < -0.39 is 5.91 Å². The van der Waals surface area contributed by atoms with Crippen molar-refractivity contribution >= 4 is 33.5 Å². The molecule has 0 radical (unpaired) electrons. The second-order valence-corrected chi connectivity index (χ2v) is 7.62. The Bertz CT molecular complexity index is 1100. The molecule has 2 saturated heterocycles. The van der Waals surface area contributed by atoms with Crippen LogP contribution in [0, 0.1) is 5.41 Å². The molecule has 3 aromatic rings. The van der Waals surface area contributed by atoms with E-state index in [1.165, 1.54) is 6.20 Å². The first kappa shape index (κ1) is 17.2. The van der Waals surface area contributed by atoms with Crippen LogP contribution in [-0.2, 0) is 4.79 Å². The van der Waals surface area contributed by atoms with Gasteiger partial charge in [0.05, 0.1) is 22.0 Å². The molecule has 2 fully saturated rings. The minimum absolute atomic E-state index is 0.298. The molecule has 1 unspecified atom stereocenters. The number of para-hydroxylation sites is 1. The van der Waals surface area contributed by atoms with Crippen LogP contribution in [0.5, 0.6) is 0 Å². The highest BCUT2D eigenvalue weighted by atomic mass is 16.5. The standard InChI is InChI=1S/C20H21N5O3/c26-17-5-8-24(12-20(17)6-7-21-11-20)25-16-4-2-1-3-13(16)14-9-22-10-15(18(14)25)19(27)23-28/h1-4,9-10,21,28H,5-8,11-12H2,(H,23,27). The summed E-state index contributed by atoms with van der Waals surface area (Å²) in [5.41, 5.74) is 3.28. The van der Waals surface area contributed by atoms with E-state index in [0.29, 0.717) is 42.9 Å². The minimum atomic E-state index is -0.604. The monoisotopic (exact) mass is 379 g/mol. The summed E-state index contributed by atoms with van der Waals surface area (Å²) in [4.78, 5) is 29.2. The first-order chi connectivity index (χ1) is 13.6. The molecule has 3 N–H and O–H groups in total. The molecule has 144 valence electrons. The van der Waals surface area contributed by atoms with Crippen LogP contribution >= 0.6 is 0 Å². The summed E-state index contributed by atoms with van der Waals surface area (Å²) in [7, 11) is 0. The molecule has 5 rings (SSSR count). The number of nitrogens with one attached hydrogen (secondary N) is 2. The summed E-state index contributed by atoms with van der Waals surface area (Å²) in [6.07, 6.45) is 4.50. The molecule has 1 amide bonds. The Hall–Kier alpha value is -2.97. The average Bonchev–Trinajstić information content (AvgIpc) is 3.33. The lowest BCUT2D eigenvalue weighted by Crippen LogP contribution is -2.54. The van der Waals surface area contributed by atoms with Gasteiger partial charge in [-0.15, -0.1) is 0 Å². The SMILES string of the molecule is O=C(NO)c1cncc2c3ccccc3n(N3CCC(=O)C4(CCNC4)C3)c12. The summed E-state index contributed by atoms with van der Waals surface area (Å²) < 4.78 is 2.03. The molecule has 0 aliphatic carbocycles. The second-order valence-electron chi connectivity index (χ2n) is 7.62. The van der Waals surface area contributed by atoms with Crippen molar-refractivity contribution in [2.24, 2.45) is 5.41 Å². The normalized spacial score (nSPS) is 22.5. The number of hydrogen-bond donors (Lipinski definition) is 3. The molecule has 2 aliphatic heterocycles. The number of benzene rings is 1. The Morgan fingerprint density at radius 2 is 2.11 bits per heavy atom. The second kappa shape index (κ2) is 6.29. The zero-order valence-electron chi connectivity index (χ0n) is 15.3. The Morgan fingerprint density at radius 1 is 1.25 bits per heavy atom. The fraction of sp³-hybridized carbons (Fsp3) is 0.350. The van der Waals surface area contributed by atoms with E-state index in [2.05, 4.69) is 15.3 Å². The molecular formula is C20H21N5O3. The molecular weight excluding hydrogens is 358 g/mol. The van der Waals surface area contributed by atoms with Crippen molar-refractivity contribution in [3.63, 3.8) is 0 Å². The molecule has 1 spiro atoms. The number of amides is 1. The van der Waals surface area contributed by atoms with Crippen molar-refractivity contribution in [2.45, 2.75) is 12.8 Å². The summed E-state index contributed by atoms with van der Waals surface area (Å²) in [6, 6.07) is 7.91. The van der Waals surface area contributed by atoms with Crippen molar-refractivity contribution in [2.75, 3.05) is 31.2 Å². The van der Waals surface area contributed by atoms with Crippen LogP contribution in [-0.4, -0.2) is 52.7 Å². The molecule has 4 heterocycles. The zero-order chi connectivity index (χ0) is 19.3. The van der Waals surface area contributed by atoms with E-state index in [0.717, 1.165) is 29.3 Å². The van der Waals surface area contributed by atoms with Crippen LogP contribution in [0.2, 0.25) is 0 Å². The number of Topliss-reactive ketones (excluding diaryl/α,β-unsaturated/α-hetero) is 1. The Kier molecular flexibility index (Phi) is 3.85. The van der Waals surface area contributed by atoms with Crippen LogP contribution in [0.1, 0.15) is 23.2 Å². The van der Waals surface area contributed by atoms with Gasteiger partial charge in [-0.05, 0) is 19.0 Å². The fourth-order valence-electron chi connectivity index (χ4n) is 4.71. The minimum Gasteiger partial charge on any atom is -0.316 e. The quantitative estimate of drug-likeness (QED) is 0.457. The van der Waals surface area contributed by atoms with Crippen LogP contribution in [0.3, 0.4) is 0 Å². The first-order valence-corrected chi connectivity index (χ1v) is 9.45. The molecule has 1 atom stereocenters. The van der Waals surface area contributed by atoms with Gasteiger partial charge in [-0.1, -0.05) is 18.2 Å². The van der Waals surface area contributed by atoms with E-state index in [4.69, 9.17) is 0 Å². The maximum Gasteiger partial charge on any atom is 0.278 e. The van der Waals surface area contributed by atoms with Crippen LogP contribution < -0.4 is 15.8 Å². The van der Waals surface area contributed by atoms with Gasteiger partial charge in [-0.25, -0.2) is 5.48 Å². The third-order valence-corrected chi connectivity index (χ3v) is 6.10. The van der Waals surface area contributed by atoms with E-state index in [-0.39, 0.29) is 5.41 Å². The first-order valence-electron chi connectivity index (χ1n) is 9.45. The number of carbonyl (C=O) groups excluding carboxylic acids is 2. The summed E-state index contributed by atoms with van der Waals surface area (Å²) >= 11 is 0. The highest BCUT2D eigenvalue weighted by Crippen LogP contribution is 2.36. The summed E-state index contributed by atoms with van der Waals surface area (Å²) in [6.45, 7) is 2.70. The molecule has 8 heteroatoms. The van der Waals surface area contributed by atoms with Gasteiger partial charge in [0.2, 0.25) is 0 Å². The number of hydroxylamine groups is 1. The van der Waals surface area contributed by atoms with Crippen LogP contribution in [0.15, 0.2) is 36.7 Å². The lowest BCUT2D eigenvalue weighted by Gasteiger charge is -2.41. The fourth-order valence-corrected chi connectivity index (χ4v) is 4.71. The molecule has 2 aliphatic rings. The highest BCUT2D eigenvalue weighted by Gasteiger charge is 2.45. The Balaban J connectivity index is 1.75. The number of rotatable bonds is 2. The Labute approximate surface area is 161 Å². The van der Waals surface area contributed by atoms with Crippen molar-refractivity contribution in [1.82, 2.24) is 20.5 Å². The third kappa shape index (κ3) is 2.35. The van der Waals surface area contributed by atoms with Gasteiger partial charge in [-0.2, -0.15) is 0 Å². The maximum atomic E-state index is 12.7. The summed E-state index contributed by atoms with van der Waals surface area (Å²) in [5.74, 6) is -0.294. The number of aromatic nitrogens is 2. The van der Waals surface area contributed by atoms with E-state index in [9.17, 15) is 14.8 Å². The molecule has 1 aromatic carbocycles. The van der Waals surface area contributed by atoms with Crippen LogP contribution in [0.25, 0.3) is 21.8 Å². The number of fused-ring (bicyclic) bond motifs is 3. The predicted molar refractivity (Wildman–Crippen MR) is 104 cm³/mol. The van der Waals surface area contributed by atoms with Crippen molar-refractivity contribution in [3.05, 3.63) is 42.2 Å². The lowest BCUT2D eigenvalue weighted by atomic mass is 9.78. The van der Waals surface area contributed by atoms with E-state index in [1.807, 2.05) is 28.9 Å². The van der Waals surface area contributed by atoms with E-state index in [1.54, 1.807) is 11.7 Å². The van der Waals surface area contributed by atoms with Gasteiger partial charge in [0.25, 0.3) is 5.91 Å². The number of ketones is 1. The topological polar surface area (TPSA) is 99.5 Å². The number of carbonyl (C=O) groups is 2. The van der Waals surface area contributed by atoms with Gasteiger partial charge in [0.15, 0.2) is 0 Å². The Morgan fingerprint density at radius 3 is 2.89 bits per heavy atom. The van der Waals surface area contributed by atoms with Crippen molar-refractivity contribution in [1.29, 1.82) is 0 Å². The highest BCUT2D eigenvalue weighted by molar-refractivity contribution is 6.15.